The zero-order valence-corrected chi connectivity index (χ0v) is 11.5. The van der Waals surface area contributed by atoms with Crippen LogP contribution in [0.1, 0.15) is 20.3 Å². The van der Waals surface area contributed by atoms with Gasteiger partial charge in [-0.3, -0.25) is 0 Å². The molecule has 0 aromatic heterocycles. The van der Waals surface area contributed by atoms with Crippen molar-refractivity contribution in [1.29, 1.82) is 0 Å². The Morgan fingerprint density at radius 2 is 2.00 bits per heavy atom. The number of nitrogens with zero attached hydrogens (tertiary/aromatic N) is 2. The molecule has 0 unspecified atom stereocenters. The monoisotopic (exact) mass is 273 g/mol. The fourth-order valence-electron chi connectivity index (χ4n) is 2.23. The number of aliphatic carboxylic acids is 1. The number of carboxylic acid groups (broad SMARTS) is 1. The van der Waals surface area contributed by atoms with Crippen LogP contribution in [0.4, 0.5) is 4.79 Å². The van der Waals surface area contributed by atoms with E-state index in [0.717, 1.165) is 19.6 Å². The van der Waals surface area contributed by atoms with E-state index in [1.54, 1.807) is 0 Å². The molecule has 7 heteroatoms. The molecule has 110 valence electrons. The fourth-order valence-corrected chi connectivity index (χ4v) is 2.23. The molecule has 1 saturated heterocycles. The second kappa shape index (κ2) is 7.30. The summed E-state index contributed by atoms with van der Waals surface area (Å²) in [6.07, 6.45) is -0.659. The van der Waals surface area contributed by atoms with E-state index in [9.17, 15) is 14.7 Å². The molecule has 0 radical (unpaired) electrons. The molecule has 2 atom stereocenters. The third kappa shape index (κ3) is 4.36. The number of carbonyl (C=O) groups is 2. The molecule has 0 aliphatic carbocycles. The van der Waals surface area contributed by atoms with E-state index in [2.05, 4.69) is 10.2 Å². The second-order valence-electron chi connectivity index (χ2n) is 4.65. The molecule has 1 heterocycles. The number of β-amino-alcohol motifs (C(OH)–C–C–N with tert-alkyl or cyclic N) is 1. The van der Waals surface area contributed by atoms with Gasteiger partial charge in [-0.1, -0.05) is 13.8 Å². The minimum Gasteiger partial charge on any atom is -0.480 e. The third-order valence-corrected chi connectivity index (χ3v) is 3.42. The Morgan fingerprint density at radius 3 is 2.53 bits per heavy atom. The van der Waals surface area contributed by atoms with Gasteiger partial charge in [0.1, 0.15) is 6.04 Å². The Balaban J connectivity index is 2.42. The number of rotatable bonds is 6. The molecule has 0 aromatic carbocycles. The van der Waals surface area contributed by atoms with Gasteiger partial charge in [-0.05, 0) is 13.1 Å². The van der Waals surface area contributed by atoms with Crippen molar-refractivity contribution in [3.8, 4) is 0 Å². The zero-order valence-electron chi connectivity index (χ0n) is 11.5. The normalized spacial score (nSPS) is 22.8. The van der Waals surface area contributed by atoms with Gasteiger partial charge >= 0.3 is 12.0 Å². The van der Waals surface area contributed by atoms with Gasteiger partial charge in [-0.15, -0.1) is 0 Å². The summed E-state index contributed by atoms with van der Waals surface area (Å²) < 4.78 is 0. The minimum absolute atomic E-state index is 0.0775. The lowest BCUT2D eigenvalue weighted by Crippen LogP contribution is -2.47. The molecular weight excluding hydrogens is 250 g/mol. The van der Waals surface area contributed by atoms with Crippen molar-refractivity contribution >= 4 is 12.0 Å². The number of nitrogens with one attached hydrogen (secondary N) is 1. The highest BCUT2D eigenvalue weighted by Gasteiger charge is 2.38. The minimum atomic E-state index is -1.07. The van der Waals surface area contributed by atoms with Crippen molar-refractivity contribution in [2.75, 3.05) is 32.7 Å². The smallest absolute Gasteiger partial charge is 0.326 e. The molecule has 2 amide bonds. The lowest BCUT2D eigenvalue weighted by atomic mass is 10.2. The van der Waals surface area contributed by atoms with Crippen LogP contribution in [-0.2, 0) is 4.79 Å². The van der Waals surface area contributed by atoms with Crippen molar-refractivity contribution < 1.29 is 19.8 Å². The quantitative estimate of drug-likeness (QED) is 0.610. The lowest BCUT2D eigenvalue weighted by molar-refractivity contribution is -0.141. The first-order chi connectivity index (χ1) is 8.99. The van der Waals surface area contributed by atoms with Gasteiger partial charge in [0.05, 0.1) is 6.10 Å². The predicted octanol–water partition coefficient (Wildman–Crippen LogP) is -0.442. The predicted molar refractivity (Wildman–Crippen MR) is 69.9 cm³/mol. The van der Waals surface area contributed by atoms with Crippen LogP contribution in [0.2, 0.25) is 0 Å². The Kier molecular flexibility index (Phi) is 6.04. The number of aliphatic hydroxyl groups is 1. The number of amides is 2. The average Bonchev–Trinajstić information content (AvgIpc) is 2.77. The van der Waals surface area contributed by atoms with Crippen LogP contribution >= 0.6 is 0 Å². The first-order valence-corrected chi connectivity index (χ1v) is 6.67. The van der Waals surface area contributed by atoms with E-state index in [-0.39, 0.29) is 13.0 Å². The van der Waals surface area contributed by atoms with Gasteiger partial charge < -0.3 is 25.3 Å². The Bertz CT molecular complexity index is 320. The number of carboxylic acids is 1. The van der Waals surface area contributed by atoms with Crippen LogP contribution in [0, 0.1) is 0 Å². The number of likely N-dealkylation sites (tertiary alicyclic amines) is 1. The number of hydrogen-bond acceptors (Lipinski definition) is 4. The Morgan fingerprint density at radius 1 is 1.37 bits per heavy atom. The lowest BCUT2D eigenvalue weighted by Gasteiger charge is -2.23. The van der Waals surface area contributed by atoms with Crippen molar-refractivity contribution in [2.24, 2.45) is 0 Å². The number of carbonyl (C=O) groups excluding carboxylic acids is 1. The maximum Gasteiger partial charge on any atom is 0.326 e. The third-order valence-electron chi connectivity index (χ3n) is 3.42. The molecule has 0 spiro atoms. The number of hydrogen-bond donors (Lipinski definition) is 3. The largest absolute Gasteiger partial charge is 0.480 e. The fraction of sp³-hybridized carbons (Fsp3) is 0.833. The second-order valence-corrected chi connectivity index (χ2v) is 4.65. The van der Waals surface area contributed by atoms with Gasteiger partial charge in [-0.2, -0.15) is 0 Å². The molecule has 7 nitrogen and oxygen atoms in total. The van der Waals surface area contributed by atoms with E-state index in [1.165, 1.54) is 4.90 Å². The highest BCUT2D eigenvalue weighted by molar-refractivity contribution is 5.83. The summed E-state index contributed by atoms with van der Waals surface area (Å²) in [7, 11) is 0. The van der Waals surface area contributed by atoms with Crippen molar-refractivity contribution in [2.45, 2.75) is 32.4 Å². The summed E-state index contributed by atoms with van der Waals surface area (Å²) >= 11 is 0. The van der Waals surface area contributed by atoms with Crippen LogP contribution in [0.5, 0.6) is 0 Å². The van der Waals surface area contributed by atoms with Crippen LogP contribution in [0.25, 0.3) is 0 Å². The van der Waals surface area contributed by atoms with Gasteiger partial charge in [0.2, 0.25) is 0 Å². The van der Waals surface area contributed by atoms with Gasteiger partial charge in [0.25, 0.3) is 0 Å². The first kappa shape index (κ1) is 15.7. The highest BCUT2D eigenvalue weighted by atomic mass is 16.4. The summed E-state index contributed by atoms with van der Waals surface area (Å²) in [4.78, 5) is 26.2. The average molecular weight is 273 g/mol. The molecule has 1 aliphatic heterocycles. The van der Waals surface area contributed by atoms with Crippen molar-refractivity contribution in [3.05, 3.63) is 0 Å². The first-order valence-electron chi connectivity index (χ1n) is 6.67. The van der Waals surface area contributed by atoms with E-state index >= 15 is 0 Å². The molecule has 1 aliphatic rings. The van der Waals surface area contributed by atoms with Crippen molar-refractivity contribution in [3.63, 3.8) is 0 Å². The van der Waals surface area contributed by atoms with Gasteiger partial charge in [0.15, 0.2) is 0 Å². The van der Waals surface area contributed by atoms with Gasteiger partial charge in [0, 0.05) is 26.1 Å². The summed E-state index contributed by atoms with van der Waals surface area (Å²) in [6, 6.07) is -1.35. The van der Waals surface area contributed by atoms with Crippen LogP contribution in [0.15, 0.2) is 0 Å². The zero-order chi connectivity index (χ0) is 14.4. The summed E-state index contributed by atoms with van der Waals surface area (Å²) in [5.74, 6) is -1.07. The molecular formula is C12H23N3O4. The summed E-state index contributed by atoms with van der Waals surface area (Å²) in [5, 5.41) is 21.2. The molecule has 3 N–H and O–H groups in total. The number of aliphatic hydroxyl groups excluding tert-OH is 1. The van der Waals surface area contributed by atoms with E-state index in [1.807, 2.05) is 13.8 Å². The van der Waals surface area contributed by atoms with Crippen molar-refractivity contribution in [1.82, 2.24) is 15.1 Å². The molecule has 1 fully saturated rings. The van der Waals surface area contributed by atoms with E-state index < -0.39 is 24.1 Å². The van der Waals surface area contributed by atoms with Crippen LogP contribution in [-0.4, -0.2) is 76.9 Å². The Labute approximate surface area is 113 Å². The number of urea groups is 1. The van der Waals surface area contributed by atoms with Gasteiger partial charge in [-0.25, -0.2) is 9.59 Å². The summed E-state index contributed by atoms with van der Waals surface area (Å²) in [6.45, 7) is 7.19. The maximum atomic E-state index is 11.9. The molecule has 19 heavy (non-hydrogen) atoms. The van der Waals surface area contributed by atoms with E-state index in [4.69, 9.17) is 5.11 Å². The standard InChI is InChI=1S/C12H23N3O4/c1-3-14(4-2)6-5-13-12(19)15-8-9(16)7-10(15)11(17)18/h9-10,16H,3-8H2,1-2H3,(H,13,19)(H,17,18)/t9-,10-/m1/s1. The Hall–Kier alpha value is -1.34. The molecule has 0 bridgehead atoms. The van der Waals surface area contributed by atoms with E-state index in [0.29, 0.717) is 6.54 Å². The molecule has 1 rings (SSSR count). The maximum absolute atomic E-state index is 11.9. The highest BCUT2D eigenvalue weighted by Crippen LogP contribution is 2.17. The molecule has 0 aromatic rings. The topological polar surface area (TPSA) is 93.1 Å². The summed E-state index contributed by atoms with van der Waals surface area (Å²) in [5.41, 5.74) is 0. The molecule has 0 saturated carbocycles. The SMILES string of the molecule is CCN(CC)CCNC(=O)N1C[C@H](O)C[C@@H]1C(=O)O. The van der Waals surface area contributed by atoms with Crippen LogP contribution < -0.4 is 5.32 Å². The van der Waals surface area contributed by atoms with Crippen LogP contribution in [0.3, 0.4) is 0 Å². The number of likely N-dealkylation sites (N-methyl/N-ethyl adjacent to an activating group) is 1.